The number of benzene rings is 1. The van der Waals surface area contributed by atoms with Gasteiger partial charge in [0.05, 0.1) is 12.6 Å². The molecule has 1 aliphatic carbocycles. The highest BCUT2D eigenvalue weighted by molar-refractivity contribution is 7.09. The zero-order valence-corrected chi connectivity index (χ0v) is 12.8. The van der Waals surface area contributed by atoms with E-state index in [1.54, 1.807) is 23.5 Å². The fraction of sp³-hybridized carbons (Fsp3) is 0.438. The van der Waals surface area contributed by atoms with Crippen molar-refractivity contribution in [2.24, 2.45) is 0 Å². The molecule has 112 valence electrons. The Balaban J connectivity index is 1.66. The van der Waals surface area contributed by atoms with E-state index in [2.05, 4.69) is 15.3 Å². The lowest BCUT2D eigenvalue weighted by molar-refractivity contribution is 0.104. The highest BCUT2D eigenvalue weighted by Crippen LogP contribution is 2.30. The first-order chi connectivity index (χ1) is 10.1. The average Bonchev–Trinajstić information content (AvgIpc) is 3.23. The van der Waals surface area contributed by atoms with Crippen molar-refractivity contribution in [2.45, 2.75) is 38.5 Å². The summed E-state index contributed by atoms with van der Waals surface area (Å²) < 4.78 is 12.9. The molecule has 0 radical (unpaired) electrons. The van der Waals surface area contributed by atoms with E-state index in [-0.39, 0.29) is 5.82 Å². The number of hydrogen-bond acceptors (Lipinski definition) is 4. The predicted molar refractivity (Wildman–Crippen MR) is 81.6 cm³/mol. The molecule has 1 fully saturated rings. The first-order valence-corrected chi connectivity index (χ1v) is 8.08. The number of aryl methyl sites for hydroxylation is 1. The van der Waals surface area contributed by atoms with E-state index in [9.17, 15) is 9.50 Å². The Hall–Kier alpha value is -1.30. The van der Waals surface area contributed by atoms with Crippen LogP contribution in [0, 0.1) is 12.7 Å². The quantitative estimate of drug-likeness (QED) is 0.889. The number of nitrogens with zero attached hydrogens (tertiary/aromatic N) is 2. The first-order valence-electron chi connectivity index (χ1n) is 7.20. The van der Waals surface area contributed by atoms with Gasteiger partial charge in [-0.05, 0) is 37.5 Å². The van der Waals surface area contributed by atoms with E-state index < -0.39 is 6.10 Å². The molecule has 3 rings (SSSR count). The van der Waals surface area contributed by atoms with Crippen LogP contribution in [-0.4, -0.2) is 27.6 Å². The smallest absolute Gasteiger partial charge is 0.123 e. The molecule has 1 saturated carbocycles. The molecule has 0 saturated heterocycles. The highest BCUT2D eigenvalue weighted by Gasteiger charge is 2.31. The third-order valence-electron chi connectivity index (χ3n) is 3.73. The molecule has 0 bridgehead atoms. The number of aromatic nitrogens is 1. The van der Waals surface area contributed by atoms with Gasteiger partial charge in [0.2, 0.25) is 0 Å². The van der Waals surface area contributed by atoms with Crippen molar-refractivity contribution < 1.29 is 9.50 Å². The van der Waals surface area contributed by atoms with Crippen molar-refractivity contribution in [1.82, 2.24) is 9.88 Å². The van der Waals surface area contributed by atoms with E-state index >= 15 is 0 Å². The molecule has 1 aromatic carbocycles. The summed E-state index contributed by atoms with van der Waals surface area (Å²) in [6.45, 7) is 3.34. The van der Waals surface area contributed by atoms with Crippen molar-refractivity contribution in [3.8, 4) is 0 Å². The molecule has 1 aliphatic rings. The first kappa shape index (κ1) is 14.6. The minimum Gasteiger partial charge on any atom is -0.387 e. The Bertz CT molecular complexity index is 595. The topological polar surface area (TPSA) is 36.4 Å². The van der Waals surface area contributed by atoms with Crippen LogP contribution in [0.3, 0.4) is 0 Å². The van der Waals surface area contributed by atoms with E-state index in [1.807, 2.05) is 6.92 Å². The maximum atomic E-state index is 12.9. The number of hydrogen-bond donors (Lipinski definition) is 1. The molecular weight excluding hydrogens is 287 g/mol. The van der Waals surface area contributed by atoms with Gasteiger partial charge in [0.1, 0.15) is 10.8 Å². The minimum absolute atomic E-state index is 0.275. The van der Waals surface area contributed by atoms with Gasteiger partial charge in [-0.15, -0.1) is 11.3 Å². The summed E-state index contributed by atoms with van der Waals surface area (Å²) in [7, 11) is 0. The molecule has 1 heterocycles. The molecule has 3 nitrogen and oxygen atoms in total. The molecule has 1 unspecified atom stereocenters. The van der Waals surface area contributed by atoms with Crippen molar-refractivity contribution in [2.75, 3.05) is 6.54 Å². The van der Waals surface area contributed by atoms with Crippen LogP contribution >= 0.6 is 11.3 Å². The van der Waals surface area contributed by atoms with Gasteiger partial charge in [-0.2, -0.15) is 0 Å². The van der Waals surface area contributed by atoms with Gasteiger partial charge in [-0.1, -0.05) is 12.1 Å². The lowest BCUT2D eigenvalue weighted by Gasteiger charge is -2.24. The highest BCUT2D eigenvalue weighted by atomic mass is 32.1. The zero-order valence-electron chi connectivity index (χ0n) is 12.0. The van der Waals surface area contributed by atoms with Gasteiger partial charge in [0.25, 0.3) is 0 Å². The lowest BCUT2D eigenvalue weighted by atomic mass is 10.1. The number of rotatable bonds is 6. The SMILES string of the molecule is Cc1csc(CN(CC(O)c2ccc(F)cc2)C2CC2)n1. The monoisotopic (exact) mass is 306 g/mol. The van der Waals surface area contributed by atoms with Crippen molar-refractivity contribution >= 4 is 11.3 Å². The van der Waals surface area contributed by atoms with E-state index in [0.717, 1.165) is 22.8 Å². The molecule has 5 heteroatoms. The standard InChI is InChI=1S/C16H19FN2OS/c1-11-10-21-16(18-11)9-19(14-6-7-14)8-15(20)12-2-4-13(17)5-3-12/h2-5,10,14-15,20H,6-9H2,1H3. The zero-order chi connectivity index (χ0) is 14.8. The fourth-order valence-corrected chi connectivity index (χ4v) is 3.24. The third-order valence-corrected chi connectivity index (χ3v) is 4.68. The molecule has 1 aromatic heterocycles. The van der Waals surface area contributed by atoms with Crippen LogP contribution in [0.25, 0.3) is 0 Å². The van der Waals surface area contributed by atoms with E-state index in [0.29, 0.717) is 12.6 Å². The maximum absolute atomic E-state index is 12.9. The minimum atomic E-state index is -0.591. The summed E-state index contributed by atoms with van der Waals surface area (Å²) >= 11 is 1.66. The molecule has 1 N–H and O–H groups in total. The second kappa shape index (κ2) is 6.22. The van der Waals surface area contributed by atoms with Gasteiger partial charge in [-0.3, -0.25) is 4.90 Å². The molecule has 21 heavy (non-hydrogen) atoms. The summed E-state index contributed by atoms with van der Waals surface area (Å²) in [5, 5.41) is 13.5. The molecule has 0 spiro atoms. The maximum Gasteiger partial charge on any atom is 0.123 e. The predicted octanol–water partition coefficient (Wildman–Crippen LogP) is 3.29. The second-order valence-corrected chi connectivity index (χ2v) is 6.55. The van der Waals surface area contributed by atoms with Gasteiger partial charge < -0.3 is 5.11 Å². The third kappa shape index (κ3) is 3.87. The Kier molecular flexibility index (Phi) is 4.33. The van der Waals surface area contributed by atoms with Crippen LogP contribution in [0.4, 0.5) is 4.39 Å². The number of aliphatic hydroxyl groups excluding tert-OH is 1. The summed E-state index contributed by atoms with van der Waals surface area (Å²) in [6.07, 6.45) is 1.77. The Morgan fingerprint density at radius 3 is 2.67 bits per heavy atom. The Morgan fingerprint density at radius 1 is 1.38 bits per heavy atom. The summed E-state index contributed by atoms with van der Waals surface area (Å²) in [5.41, 5.74) is 1.81. The Labute approximate surface area is 128 Å². The largest absolute Gasteiger partial charge is 0.387 e. The normalized spacial score (nSPS) is 16.4. The van der Waals surface area contributed by atoms with Crippen molar-refractivity contribution in [3.63, 3.8) is 0 Å². The second-order valence-electron chi connectivity index (χ2n) is 5.61. The summed E-state index contributed by atoms with van der Waals surface area (Å²) in [6, 6.07) is 6.63. The fourth-order valence-electron chi connectivity index (χ4n) is 2.44. The van der Waals surface area contributed by atoms with Crippen molar-refractivity contribution in [1.29, 1.82) is 0 Å². The Morgan fingerprint density at radius 2 is 2.10 bits per heavy atom. The van der Waals surface area contributed by atoms with Gasteiger partial charge in [-0.25, -0.2) is 9.37 Å². The van der Waals surface area contributed by atoms with Crippen molar-refractivity contribution in [3.05, 3.63) is 51.7 Å². The summed E-state index contributed by atoms with van der Waals surface area (Å²) in [5.74, 6) is -0.275. The van der Waals surface area contributed by atoms with E-state index in [1.165, 1.54) is 25.0 Å². The van der Waals surface area contributed by atoms with Crippen LogP contribution in [0.2, 0.25) is 0 Å². The summed E-state index contributed by atoms with van der Waals surface area (Å²) in [4.78, 5) is 6.78. The van der Waals surface area contributed by atoms with E-state index in [4.69, 9.17) is 0 Å². The van der Waals surface area contributed by atoms with Crippen LogP contribution in [0.5, 0.6) is 0 Å². The molecular formula is C16H19FN2OS. The number of halogens is 1. The van der Waals surface area contributed by atoms with Gasteiger partial charge >= 0.3 is 0 Å². The van der Waals surface area contributed by atoms with Crippen LogP contribution in [-0.2, 0) is 6.54 Å². The number of aliphatic hydroxyl groups is 1. The molecule has 2 aromatic rings. The molecule has 0 amide bonds. The van der Waals surface area contributed by atoms with Crippen LogP contribution in [0.15, 0.2) is 29.6 Å². The lowest BCUT2D eigenvalue weighted by Crippen LogP contribution is -2.30. The number of thiazole rings is 1. The van der Waals surface area contributed by atoms with Gasteiger partial charge in [0, 0.05) is 23.7 Å². The van der Waals surface area contributed by atoms with Gasteiger partial charge in [0.15, 0.2) is 0 Å². The molecule has 0 aliphatic heterocycles. The van der Waals surface area contributed by atoms with Crippen LogP contribution < -0.4 is 0 Å². The molecule has 1 atom stereocenters. The average molecular weight is 306 g/mol. The van der Waals surface area contributed by atoms with Crippen LogP contribution in [0.1, 0.15) is 35.2 Å².